The fourth-order valence-electron chi connectivity index (χ4n) is 9.03. The van der Waals surface area contributed by atoms with Gasteiger partial charge in [0.2, 0.25) is 0 Å². The molecule has 0 heterocycles. The van der Waals surface area contributed by atoms with Crippen LogP contribution in [0.15, 0.2) is 11.6 Å². The second-order valence-corrected chi connectivity index (χ2v) is 13.7. The lowest BCUT2D eigenvalue weighted by molar-refractivity contribution is -0.0575. The Morgan fingerprint density at radius 3 is 2.50 bits per heavy atom. The predicted molar refractivity (Wildman–Crippen MR) is 129 cm³/mol. The normalized spacial score (nSPS) is 42.7. The number of allylic oxidation sites excluding steroid dienone is 1. The lowest BCUT2D eigenvalue weighted by Crippen LogP contribution is -2.52. The third kappa shape index (κ3) is 4.47. The molecular formula is C27H46O4S. The SMILES string of the molecule is CC(C)CCC[C@@H](C)[C@H]1CCC2C3CC=C4C(OS(=O)(=O)O)CCC[C@]4(C)C3CC[C@@]21C. The van der Waals surface area contributed by atoms with Crippen LogP contribution >= 0.6 is 0 Å². The van der Waals surface area contributed by atoms with Crippen molar-refractivity contribution in [2.45, 2.75) is 111 Å². The van der Waals surface area contributed by atoms with Gasteiger partial charge in [0.05, 0.1) is 0 Å². The average molecular weight is 467 g/mol. The molecule has 4 aliphatic carbocycles. The minimum absolute atomic E-state index is 0.0127. The number of rotatable bonds is 7. The lowest BCUT2D eigenvalue weighted by Gasteiger charge is -2.58. The number of hydrogen-bond donors (Lipinski definition) is 1. The zero-order valence-corrected chi connectivity index (χ0v) is 21.8. The van der Waals surface area contributed by atoms with Gasteiger partial charge in [0, 0.05) is 0 Å². The molecule has 0 aromatic rings. The first-order chi connectivity index (χ1) is 15.0. The molecule has 8 atom stereocenters. The molecule has 1 N–H and O–H groups in total. The van der Waals surface area contributed by atoms with Gasteiger partial charge in [0.1, 0.15) is 6.10 Å². The van der Waals surface area contributed by atoms with Crippen molar-refractivity contribution >= 4 is 10.4 Å². The van der Waals surface area contributed by atoms with Crippen LogP contribution in [0, 0.1) is 46.3 Å². The van der Waals surface area contributed by atoms with E-state index in [2.05, 4.69) is 40.7 Å². The van der Waals surface area contributed by atoms with Gasteiger partial charge in [-0.3, -0.25) is 4.55 Å². The molecule has 3 saturated carbocycles. The van der Waals surface area contributed by atoms with Gasteiger partial charge in [-0.25, -0.2) is 4.18 Å². The number of hydrogen-bond acceptors (Lipinski definition) is 3. The molecule has 4 aliphatic rings. The first-order valence-corrected chi connectivity index (χ1v) is 14.7. The van der Waals surface area contributed by atoms with Crippen LogP contribution < -0.4 is 0 Å². The zero-order valence-electron chi connectivity index (χ0n) is 21.0. The van der Waals surface area contributed by atoms with E-state index in [4.69, 9.17) is 4.18 Å². The Bertz CT molecular complexity index is 818. The van der Waals surface area contributed by atoms with E-state index < -0.39 is 16.5 Å². The zero-order chi connectivity index (χ0) is 23.3. The second kappa shape index (κ2) is 9.00. The molecule has 0 spiro atoms. The van der Waals surface area contributed by atoms with Gasteiger partial charge < -0.3 is 0 Å². The molecule has 32 heavy (non-hydrogen) atoms. The van der Waals surface area contributed by atoms with Crippen molar-refractivity contribution in [3.05, 3.63) is 11.6 Å². The largest absolute Gasteiger partial charge is 0.397 e. The summed E-state index contributed by atoms with van der Waals surface area (Å²) in [5.74, 6) is 4.57. The maximum absolute atomic E-state index is 11.5. The summed E-state index contributed by atoms with van der Waals surface area (Å²) in [4.78, 5) is 0. The van der Waals surface area contributed by atoms with E-state index in [0.29, 0.717) is 23.7 Å². The van der Waals surface area contributed by atoms with Crippen LogP contribution in [0.1, 0.15) is 105 Å². The smallest absolute Gasteiger partial charge is 0.264 e. The molecule has 4 rings (SSSR count). The molecule has 184 valence electrons. The molecule has 0 amide bonds. The van der Waals surface area contributed by atoms with Crippen LogP contribution in [0.3, 0.4) is 0 Å². The summed E-state index contributed by atoms with van der Waals surface area (Å²) in [6, 6.07) is 0. The summed E-state index contributed by atoms with van der Waals surface area (Å²) in [6.07, 6.45) is 15.1. The summed E-state index contributed by atoms with van der Waals surface area (Å²) in [5.41, 5.74) is 1.63. The van der Waals surface area contributed by atoms with Gasteiger partial charge in [-0.2, -0.15) is 8.42 Å². The summed E-state index contributed by atoms with van der Waals surface area (Å²) < 4.78 is 37.4. The Morgan fingerprint density at radius 1 is 1.06 bits per heavy atom. The highest BCUT2D eigenvalue weighted by molar-refractivity contribution is 7.80. The fraction of sp³-hybridized carbons (Fsp3) is 0.926. The lowest BCUT2D eigenvalue weighted by atomic mass is 9.47. The monoisotopic (exact) mass is 466 g/mol. The van der Waals surface area contributed by atoms with Crippen molar-refractivity contribution < 1.29 is 17.2 Å². The molecule has 4 nitrogen and oxygen atoms in total. The summed E-state index contributed by atoms with van der Waals surface area (Å²) >= 11 is 0. The number of fused-ring (bicyclic) bond motifs is 5. The third-order valence-corrected chi connectivity index (χ3v) is 10.9. The third-order valence-electron chi connectivity index (χ3n) is 10.5. The Kier molecular flexibility index (Phi) is 6.95. The highest BCUT2D eigenvalue weighted by atomic mass is 32.3. The molecule has 5 heteroatoms. The van der Waals surface area contributed by atoms with Crippen molar-refractivity contribution in [1.82, 2.24) is 0 Å². The molecular weight excluding hydrogens is 420 g/mol. The highest BCUT2D eigenvalue weighted by Crippen LogP contribution is 2.67. The molecule has 0 aromatic carbocycles. The van der Waals surface area contributed by atoms with Gasteiger partial charge in [-0.05, 0) is 103 Å². The fourth-order valence-corrected chi connectivity index (χ4v) is 9.52. The van der Waals surface area contributed by atoms with Crippen molar-refractivity contribution in [1.29, 1.82) is 0 Å². The van der Waals surface area contributed by atoms with Crippen LogP contribution in [0.4, 0.5) is 0 Å². The van der Waals surface area contributed by atoms with E-state index in [-0.39, 0.29) is 5.41 Å². The van der Waals surface area contributed by atoms with Crippen molar-refractivity contribution in [2.75, 3.05) is 0 Å². The molecule has 0 saturated heterocycles. The molecule has 0 bridgehead atoms. The standard InChI is InChI=1S/C27H46O4S/c1-18(2)8-6-9-19(3)21-13-14-22-20-11-12-24-25(31-32(28,29)30)10-7-16-26(24,4)23(20)15-17-27(21,22)5/h12,18-23,25H,6-11,13-17H2,1-5H3,(H,28,29,30)/t19-,20?,21-,22?,23?,25?,26-,27-/m1/s1. The Labute approximate surface area is 196 Å². The Hall–Kier alpha value is -0.390. The van der Waals surface area contributed by atoms with Crippen LogP contribution in [-0.4, -0.2) is 19.1 Å². The summed E-state index contributed by atoms with van der Waals surface area (Å²) in [7, 11) is -4.43. The van der Waals surface area contributed by atoms with Crippen molar-refractivity contribution in [3.63, 3.8) is 0 Å². The van der Waals surface area contributed by atoms with Crippen LogP contribution in [0.2, 0.25) is 0 Å². The van der Waals surface area contributed by atoms with Crippen LogP contribution in [0.5, 0.6) is 0 Å². The second-order valence-electron chi connectivity index (χ2n) is 12.6. The van der Waals surface area contributed by atoms with E-state index in [0.717, 1.165) is 48.5 Å². The van der Waals surface area contributed by atoms with Gasteiger partial charge in [0.25, 0.3) is 0 Å². The predicted octanol–water partition coefficient (Wildman–Crippen LogP) is 7.22. The molecule has 0 radical (unpaired) electrons. The van der Waals surface area contributed by atoms with Crippen LogP contribution in [-0.2, 0) is 14.6 Å². The van der Waals surface area contributed by atoms with Crippen molar-refractivity contribution in [3.8, 4) is 0 Å². The van der Waals surface area contributed by atoms with Gasteiger partial charge in [-0.15, -0.1) is 0 Å². The minimum atomic E-state index is -4.43. The van der Waals surface area contributed by atoms with E-state index in [1.807, 2.05) is 0 Å². The van der Waals surface area contributed by atoms with E-state index in [1.165, 1.54) is 44.9 Å². The quantitative estimate of drug-likeness (QED) is 0.318. The Morgan fingerprint density at radius 2 is 1.81 bits per heavy atom. The molecule has 0 aliphatic heterocycles. The molecule has 3 fully saturated rings. The topological polar surface area (TPSA) is 63.6 Å². The van der Waals surface area contributed by atoms with E-state index >= 15 is 0 Å². The average Bonchev–Trinajstić information content (AvgIpc) is 3.03. The van der Waals surface area contributed by atoms with E-state index in [9.17, 15) is 13.0 Å². The highest BCUT2D eigenvalue weighted by Gasteiger charge is 2.59. The van der Waals surface area contributed by atoms with Gasteiger partial charge in [-0.1, -0.05) is 60.0 Å². The van der Waals surface area contributed by atoms with Gasteiger partial charge >= 0.3 is 10.4 Å². The van der Waals surface area contributed by atoms with E-state index in [1.54, 1.807) is 0 Å². The summed E-state index contributed by atoms with van der Waals surface area (Å²) in [6.45, 7) is 12.2. The molecule has 4 unspecified atom stereocenters. The van der Waals surface area contributed by atoms with Crippen molar-refractivity contribution in [2.24, 2.45) is 46.3 Å². The van der Waals surface area contributed by atoms with Gasteiger partial charge in [0.15, 0.2) is 0 Å². The van der Waals surface area contributed by atoms with Crippen LogP contribution in [0.25, 0.3) is 0 Å². The first kappa shape index (κ1) is 24.7. The Balaban J connectivity index is 1.52. The molecule has 0 aromatic heterocycles. The summed E-state index contributed by atoms with van der Waals surface area (Å²) in [5, 5.41) is 0. The maximum atomic E-state index is 11.5. The minimum Gasteiger partial charge on any atom is -0.264 e. The first-order valence-electron chi connectivity index (χ1n) is 13.3. The maximum Gasteiger partial charge on any atom is 0.397 e.